The quantitative estimate of drug-likeness (QED) is 0.847. The van der Waals surface area contributed by atoms with Gasteiger partial charge in [-0.2, -0.15) is 0 Å². The van der Waals surface area contributed by atoms with Crippen LogP contribution in [0.5, 0.6) is 0 Å². The molecule has 1 atom stereocenters. The van der Waals surface area contributed by atoms with E-state index in [0.717, 1.165) is 25.2 Å². The molecule has 1 aliphatic heterocycles. The van der Waals surface area contributed by atoms with Crippen molar-refractivity contribution in [2.24, 2.45) is 0 Å². The molecule has 1 fully saturated rings. The van der Waals surface area contributed by atoms with E-state index in [9.17, 15) is 4.79 Å². The molecule has 1 heterocycles. The van der Waals surface area contributed by atoms with E-state index in [4.69, 9.17) is 16.7 Å². The number of amides is 1. The molecule has 1 unspecified atom stereocenters. The summed E-state index contributed by atoms with van der Waals surface area (Å²) in [6.45, 7) is 1.19. The summed E-state index contributed by atoms with van der Waals surface area (Å²) >= 11 is 5.94. The van der Waals surface area contributed by atoms with E-state index in [-0.39, 0.29) is 11.9 Å². The highest BCUT2D eigenvalue weighted by atomic mass is 35.5. The zero-order valence-electron chi connectivity index (χ0n) is 9.40. The molecule has 4 nitrogen and oxygen atoms in total. The van der Waals surface area contributed by atoms with Gasteiger partial charge in [-0.25, -0.2) is 0 Å². The SMILES string of the molecule is O=C(CO)NC1CCN(c2cccc(Cl)c2)C1. The number of hydrogen-bond donors (Lipinski definition) is 2. The van der Waals surface area contributed by atoms with Gasteiger partial charge in [0, 0.05) is 29.8 Å². The second-order valence-electron chi connectivity index (χ2n) is 4.14. The summed E-state index contributed by atoms with van der Waals surface area (Å²) in [5.41, 5.74) is 1.07. The van der Waals surface area contributed by atoms with Crippen molar-refractivity contribution in [3.8, 4) is 0 Å². The summed E-state index contributed by atoms with van der Waals surface area (Å²) in [7, 11) is 0. The molecule has 5 heteroatoms. The van der Waals surface area contributed by atoms with E-state index >= 15 is 0 Å². The number of nitrogens with one attached hydrogen (secondary N) is 1. The van der Waals surface area contributed by atoms with Crippen LogP contribution in [-0.2, 0) is 4.79 Å². The zero-order chi connectivity index (χ0) is 12.3. The van der Waals surface area contributed by atoms with Gasteiger partial charge in [0.15, 0.2) is 0 Å². The lowest BCUT2D eigenvalue weighted by Crippen LogP contribution is -2.38. The molecule has 1 aromatic carbocycles. The van der Waals surface area contributed by atoms with Gasteiger partial charge >= 0.3 is 0 Å². The maximum Gasteiger partial charge on any atom is 0.245 e. The Morgan fingerprint density at radius 3 is 3.12 bits per heavy atom. The number of halogens is 1. The maximum atomic E-state index is 11.1. The van der Waals surface area contributed by atoms with E-state index in [1.807, 2.05) is 24.3 Å². The molecule has 1 aliphatic rings. The number of carbonyl (C=O) groups is 1. The van der Waals surface area contributed by atoms with Crippen LogP contribution in [0.15, 0.2) is 24.3 Å². The fourth-order valence-electron chi connectivity index (χ4n) is 2.06. The lowest BCUT2D eigenvalue weighted by Gasteiger charge is -2.19. The van der Waals surface area contributed by atoms with Gasteiger partial charge in [0.05, 0.1) is 0 Å². The molecule has 92 valence electrons. The lowest BCUT2D eigenvalue weighted by molar-refractivity contribution is -0.124. The highest BCUT2D eigenvalue weighted by Gasteiger charge is 2.23. The van der Waals surface area contributed by atoms with Gasteiger partial charge < -0.3 is 15.3 Å². The number of anilines is 1. The van der Waals surface area contributed by atoms with Crippen molar-refractivity contribution in [2.45, 2.75) is 12.5 Å². The Bertz CT molecular complexity index is 411. The van der Waals surface area contributed by atoms with E-state index in [1.54, 1.807) is 0 Å². The monoisotopic (exact) mass is 254 g/mol. The average molecular weight is 255 g/mol. The van der Waals surface area contributed by atoms with Crippen LogP contribution in [0.1, 0.15) is 6.42 Å². The molecule has 2 N–H and O–H groups in total. The number of carbonyl (C=O) groups excluding carboxylic acids is 1. The second kappa shape index (κ2) is 5.38. The summed E-state index contributed by atoms with van der Waals surface area (Å²) in [5.74, 6) is -0.317. The van der Waals surface area contributed by atoms with Crippen molar-refractivity contribution in [1.82, 2.24) is 5.32 Å². The van der Waals surface area contributed by atoms with Crippen LogP contribution in [-0.4, -0.2) is 36.8 Å². The summed E-state index contributed by atoms with van der Waals surface area (Å²) in [5, 5.41) is 12.2. The Labute approximate surface area is 105 Å². The van der Waals surface area contributed by atoms with Crippen molar-refractivity contribution in [2.75, 3.05) is 24.6 Å². The number of aliphatic hydroxyl groups is 1. The summed E-state index contributed by atoms with van der Waals surface area (Å²) in [4.78, 5) is 13.2. The zero-order valence-corrected chi connectivity index (χ0v) is 10.2. The third-order valence-electron chi connectivity index (χ3n) is 2.87. The highest BCUT2D eigenvalue weighted by molar-refractivity contribution is 6.30. The first kappa shape index (κ1) is 12.2. The third-order valence-corrected chi connectivity index (χ3v) is 3.11. The van der Waals surface area contributed by atoms with Gasteiger partial charge in [0.1, 0.15) is 6.61 Å². The minimum Gasteiger partial charge on any atom is -0.387 e. The molecule has 0 radical (unpaired) electrons. The Kier molecular flexibility index (Phi) is 3.86. The minimum atomic E-state index is -0.451. The van der Waals surface area contributed by atoms with Crippen LogP contribution >= 0.6 is 11.6 Å². The van der Waals surface area contributed by atoms with Crippen molar-refractivity contribution in [3.63, 3.8) is 0 Å². The van der Waals surface area contributed by atoms with Gasteiger partial charge in [-0.05, 0) is 24.6 Å². The Morgan fingerprint density at radius 1 is 1.59 bits per heavy atom. The van der Waals surface area contributed by atoms with Crippen LogP contribution in [0, 0.1) is 0 Å². The first-order chi connectivity index (χ1) is 8.19. The number of aliphatic hydroxyl groups excluding tert-OH is 1. The number of rotatable bonds is 3. The molecule has 0 saturated carbocycles. The summed E-state index contributed by atoms with van der Waals surface area (Å²) < 4.78 is 0. The van der Waals surface area contributed by atoms with Crippen molar-refractivity contribution < 1.29 is 9.90 Å². The first-order valence-corrected chi connectivity index (χ1v) is 5.97. The smallest absolute Gasteiger partial charge is 0.245 e. The van der Waals surface area contributed by atoms with Crippen LogP contribution in [0.3, 0.4) is 0 Å². The van der Waals surface area contributed by atoms with E-state index < -0.39 is 6.61 Å². The fourth-order valence-corrected chi connectivity index (χ4v) is 2.24. The molecule has 0 spiro atoms. The minimum absolute atomic E-state index is 0.105. The molecule has 17 heavy (non-hydrogen) atoms. The molecular weight excluding hydrogens is 240 g/mol. The van der Waals surface area contributed by atoms with E-state index in [0.29, 0.717) is 5.02 Å². The summed E-state index contributed by atoms with van der Waals surface area (Å²) in [6.07, 6.45) is 0.887. The maximum absolute atomic E-state index is 11.1. The van der Waals surface area contributed by atoms with Gasteiger partial charge in [-0.3, -0.25) is 4.79 Å². The van der Waals surface area contributed by atoms with Crippen LogP contribution in [0.2, 0.25) is 5.02 Å². The Hall–Kier alpha value is -1.26. The van der Waals surface area contributed by atoms with Gasteiger partial charge in [-0.15, -0.1) is 0 Å². The van der Waals surface area contributed by atoms with Gasteiger partial charge in [0.2, 0.25) is 5.91 Å². The highest BCUT2D eigenvalue weighted by Crippen LogP contribution is 2.23. The number of nitrogens with zero attached hydrogens (tertiary/aromatic N) is 1. The predicted molar refractivity (Wildman–Crippen MR) is 67.3 cm³/mol. The molecule has 2 rings (SSSR count). The molecule has 1 amide bonds. The molecule has 0 bridgehead atoms. The molecular formula is C12H15ClN2O2. The third kappa shape index (κ3) is 3.11. The van der Waals surface area contributed by atoms with Crippen LogP contribution in [0.25, 0.3) is 0 Å². The van der Waals surface area contributed by atoms with E-state index in [2.05, 4.69) is 10.2 Å². The van der Waals surface area contributed by atoms with Crippen LogP contribution < -0.4 is 10.2 Å². The normalized spacial score (nSPS) is 19.4. The van der Waals surface area contributed by atoms with E-state index in [1.165, 1.54) is 0 Å². The molecule has 0 aromatic heterocycles. The lowest BCUT2D eigenvalue weighted by atomic mass is 10.2. The summed E-state index contributed by atoms with van der Waals surface area (Å²) in [6, 6.07) is 7.78. The van der Waals surface area contributed by atoms with Gasteiger partial charge in [-0.1, -0.05) is 17.7 Å². The largest absolute Gasteiger partial charge is 0.387 e. The van der Waals surface area contributed by atoms with Crippen molar-refractivity contribution in [1.29, 1.82) is 0 Å². The molecule has 1 aromatic rings. The fraction of sp³-hybridized carbons (Fsp3) is 0.417. The van der Waals surface area contributed by atoms with Crippen molar-refractivity contribution in [3.05, 3.63) is 29.3 Å². The Balaban J connectivity index is 1.96. The number of benzene rings is 1. The average Bonchev–Trinajstić information content (AvgIpc) is 2.77. The van der Waals surface area contributed by atoms with Gasteiger partial charge in [0.25, 0.3) is 0 Å². The molecule has 0 aliphatic carbocycles. The van der Waals surface area contributed by atoms with Crippen molar-refractivity contribution >= 4 is 23.2 Å². The molecule has 1 saturated heterocycles. The predicted octanol–water partition coefficient (Wildman–Crippen LogP) is 1.03. The second-order valence-corrected chi connectivity index (χ2v) is 4.57. The number of hydrogen-bond acceptors (Lipinski definition) is 3. The first-order valence-electron chi connectivity index (χ1n) is 5.60. The van der Waals surface area contributed by atoms with Crippen LogP contribution in [0.4, 0.5) is 5.69 Å². The Morgan fingerprint density at radius 2 is 2.41 bits per heavy atom. The topological polar surface area (TPSA) is 52.6 Å². The standard InChI is InChI=1S/C12H15ClN2O2/c13-9-2-1-3-11(6-9)15-5-4-10(7-15)14-12(17)8-16/h1-3,6,10,16H,4-5,7-8H2,(H,14,17).